The molecule has 8 heavy (non-hydrogen) atoms. The molecular formula is C4H7NO3. The Morgan fingerprint density at radius 1 is 1.75 bits per heavy atom. The molecule has 0 rings (SSSR count). The van der Waals surface area contributed by atoms with Crippen molar-refractivity contribution in [2.24, 2.45) is 0 Å². The summed E-state index contributed by atoms with van der Waals surface area (Å²) < 4.78 is 0. The van der Waals surface area contributed by atoms with E-state index in [1.54, 1.807) is 5.48 Å². The van der Waals surface area contributed by atoms with E-state index in [1.165, 1.54) is 6.08 Å². The Bertz CT molecular complexity index is 99.5. The van der Waals surface area contributed by atoms with Gasteiger partial charge in [0.05, 0.1) is 0 Å². The third-order valence-corrected chi connectivity index (χ3v) is 0.470. The first-order valence-electron chi connectivity index (χ1n) is 2.04. The fraction of sp³-hybridized carbons (Fsp3) is 0.250. The number of aliphatic carboxylic acids is 1. The molecule has 0 atom stereocenters. The highest BCUT2D eigenvalue weighted by Gasteiger charge is 1.81. The van der Waals surface area contributed by atoms with E-state index in [2.05, 4.69) is 0 Å². The van der Waals surface area contributed by atoms with E-state index in [-0.39, 0.29) is 6.54 Å². The smallest absolute Gasteiger partial charge is 0.328 e. The van der Waals surface area contributed by atoms with Crippen molar-refractivity contribution in [3.8, 4) is 0 Å². The number of nitrogens with one attached hydrogen (secondary N) is 1. The van der Waals surface area contributed by atoms with Crippen molar-refractivity contribution in [3.63, 3.8) is 0 Å². The Morgan fingerprint density at radius 2 is 2.38 bits per heavy atom. The number of carboxylic acid groups (broad SMARTS) is 1. The summed E-state index contributed by atoms with van der Waals surface area (Å²) in [5.74, 6) is -1.01. The van der Waals surface area contributed by atoms with Crippen LogP contribution in [0.15, 0.2) is 12.2 Å². The molecule has 0 aliphatic rings. The molecule has 3 N–H and O–H groups in total. The summed E-state index contributed by atoms with van der Waals surface area (Å²) in [4.78, 5) is 9.68. The molecule has 0 saturated carbocycles. The lowest BCUT2D eigenvalue weighted by atomic mass is 10.5. The minimum absolute atomic E-state index is 0.159. The van der Waals surface area contributed by atoms with Crippen molar-refractivity contribution >= 4 is 5.97 Å². The van der Waals surface area contributed by atoms with Crippen LogP contribution in [0.1, 0.15) is 0 Å². The molecule has 0 spiro atoms. The monoisotopic (exact) mass is 117 g/mol. The van der Waals surface area contributed by atoms with Crippen LogP contribution < -0.4 is 5.48 Å². The topological polar surface area (TPSA) is 69.6 Å². The van der Waals surface area contributed by atoms with Crippen molar-refractivity contribution < 1.29 is 15.1 Å². The average molecular weight is 117 g/mol. The summed E-state index contributed by atoms with van der Waals surface area (Å²) in [6, 6.07) is 0. The van der Waals surface area contributed by atoms with Crippen molar-refractivity contribution in [1.82, 2.24) is 5.48 Å². The van der Waals surface area contributed by atoms with Gasteiger partial charge in [0, 0.05) is 12.6 Å². The van der Waals surface area contributed by atoms with Crippen molar-refractivity contribution in [2.45, 2.75) is 0 Å². The zero-order valence-electron chi connectivity index (χ0n) is 4.16. The second kappa shape index (κ2) is 4.29. The van der Waals surface area contributed by atoms with Gasteiger partial charge < -0.3 is 10.3 Å². The summed E-state index contributed by atoms with van der Waals surface area (Å²) >= 11 is 0. The number of hydrogen-bond acceptors (Lipinski definition) is 3. The fourth-order valence-electron chi connectivity index (χ4n) is 0.212. The van der Waals surface area contributed by atoms with Gasteiger partial charge >= 0.3 is 5.97 Å². The lowest BCUT2D eigenvalue weighted by Gasteiger charge is -1.82. The van der Waals surface area contributed by atoms with Crippen LogP contribution in [0.3, 0.4) is 0 Å². The summed E-state index contributed by atoms with van der Waals surface area (Å²) in [6.45, 7) is 0.159. The standard InChI is InChI=1S/C4H7NO3/c6-4(7)2-1-3-5-8/h1-2,5,8H,3H2,(H,6,7). The second-order valence-corrected chi connectivity index (χ2v) is 1.10. The Morgan fingerprint density at radius 3 is 2.75 bits per heavy atom. The zero-order chi connectivity index (χ0) is 6.41. The van der Waals surface area contributed by atoms with E-state index in [0.717, 1.165) is 6.08 Å². The Balaban J connectivity index is 3.20. The molecule has 46 valence electrons. The minimum Gasteiger partial charge on any atom is -0.478 e. The maximum absolute atomic E-state index is 9.68. The molecule has 4 heteroatoms. The van der Waals surface area contributed by atoms with Gasteiger partial charge in [-0.2, -0.15) is 0 Å². The van der Waals surface area contributed by atoms with Crippen molar-refractivity contribution in [3.05, 3.63) is 12.2 Å². The zero-order valence-corrected chi connectivity index (χ0v) is 4.16. The molecule has 0 aromatic heterocycles. The molecular weight excluding hydrogens is 110 g/mol. The van der Waals surface area contributed by atoms with Gasteiger partial charge in [-0.15, -0.1) is 0 Å². The predicted octanol–water partition coefficient (Wildman–Crippen LogP) is -0.394. The third-order valence-electron chi connectivity index (χ3n) is 0.470. The molecule has 0 amide bonds. The first-order valence-corrected chi connectivity index (χ1v) is 2.04. The lowest BCUT2D eigenvalue weighted by Crippen LogP contribution is -2.05. The SMILES string of the molecule is O=C(O)C=CCNO. The van der Waals surface area contributed by atoms with Crippen LogP contribution in [0.4, 0.5) is 0 Å². The maximum Gasteiger partial charge on any atom is 0.328 e. The van der Waals surface area contributed by atoms with Crippen LogP contribution in [0.25, 0.3) is 0 Å². The Hall–Kier alpha value is -0.870. The van der Waals surface area contributed by atoms with Crippen LogP contribution >= 0.6 is 0 Å². The molecule has 0 aliphatic carbocycles. The molecule has 0 aromatic carbocycles. The summed E-state index contributed by atoms with van der Waals surface area (Å²) in [5, 5.41) is 15.8. The molecule has 0 aliphatic heterocycles. The second-order valence-electron chi connectivity index (χ2n) is 1.10. The lowest BCUT2D eigenvalue weighted by molar-refractivity contribution is -0.131. The number of carboxylic acids is 1. The number of hydrogen-bond donors (Lipinski definition) is 3. The molecule has 4 nitrogen and oxygen atoms in total. The van der Waals surface area contributed by atoms with Gasteiger partial charge in [0.2, 0.25) is 0 Å². The number of carbonyl (C=O) groups is 1. The molecule has 0 saturated heterocycles. The van der Waals surface area contributed by atoms with Crippen LogP contribution in [-0.2, 0) is 4.79 Å². The Labute approximate surface area is 46.4 Å². The van der Waals surface area contributed by atoms with Crippen molar-refractivity contribution in [1.29, 1.82) is 0 Å². The third kappa shape index (κ3) is 5.13. The quantitative estimate of drug-likeness (QED) is 0.347. The normalized spacial score (nSPS) is 10.1. The van der Waals surface area contributed by atoms with Crippen LogP contribution in [0.5, 0.6) is 0 Å². The molecule has 0 heterocycles. The molecule has 0 unspecified atom stereocenters. The van der Waals surface area contributed by atoms with Crippen LogP contribution in [0, 0.1) is 0 Å². The summed E-state index contributed by atoms with van der Waals surface area (Å²) in [7, 11) is 0. The number of hydroxylamine groups is 1. The van der Waals surface area contributed by atoms with Crippen molar-refractivity contribution in [2.75, 3.05) is 6.54 Å². The summed E-state index contributed by atoms with van der Waals surface area (Å²) in [6.07, 6.45) is 2.24. The molecule has 0 fully saturated rings. The van der Waals surface area contributed by atoms with E-state index >= 15 is 0 Å². The first kappa shape index (κ1) is 7.13. The van der Waals surface area contributed by atoms with Gasteiger partial charge in [-0.1, -0.05) is 6.08 Å². The molecule has 0 aromatic rings. The highest BCUT2D eigenvalue weighted by molar-refractivity contribution is 5.79. The minimum atomic E-state index is -1.01. The van der Waals surface area contributed by atoms with Crippen LogP contribution in [-0.4, -0.2) is 22.8 Å². The fourth-order valence-corrected chi connectivity index (χ4v) is 0.212. The molecule has 0 radical (unpaired) electrons. The van der Waals surface area contributed by atoms with Gasteiger partial charge in [0.25, 0.3) is 0 Å². The molecule has 0 bridgehead atoms. The van der Waals surface area contributed by atoms with Gasteiger partial charge in [0.15, 0.2) is 0 Å². The maximum atomic E-state index is 9.68. The predicted molar refractivity (Wildman–Crippen MR) is 26.6 cm³/mol. The van der Waals surface area contributed by atoms with E-state index in [0.29, 0.717) is 0 Å². The van der Waals surface area contributed by atoms with E-state index < -0.39 is 5.97 Å². The summed E-state index contributed by atoms with van der Waals surface area (Å²) in [5.41, 5.74) is 1.77. The highest BCUT2D eigenvalue weighted by Crippen LogP contribution is 1.67. The average Bonchev–Trinajstić information content (AvgIpc) is 1.66. The van der Waals surface area contributed by atoms with E-state index in [9.17, 15) is 4.79 Å². The van der Waals surface area contributed by atoms with E-state index in [4.69, 9.17) is 10.3 Å². The largest absolute Gasteiger partial charge is 0.478 e. The highest BCUT2D eigenvalue weighted by atomic mass is 16.5. The van der Waals surface area contributed by atoms with Gasteiger partial charge in [-0.3, -0.25) is 0 Å². The van der Waals surface area contributed by atoms with Gasteiger partial charge in [0.1, 0.15) is 0 Å². The van der Waals surface area contributed by atoms with Gasteiger partial charge in [-0.05, 0) is 0 Å². The Kier molecular flexibility index (Phi) is 3.83. The first-order chi connectivity index (χ1) is 3.77. The number of rotatable bonds is 3. The van der Waals surface area contributed by atoms with Gasteiger partial charge in [-0.25, -0.2) is 10.3 Å². The van der Waals surface area contributed by atoms with Crippen LogP contribution in [0.2, 0.25) is 0 Å². The van der Waals surface area contributed by atoms with E-state index in [1.807, 2.05) is 0 Å².